The summed E-state index contributed by atoms with van der Waals surface area (Å²) in [7, 11) is -3.66. The lowest BCUT2D eigenvalue weighted by Crippen LogP contribution is -2.36. The van der Waals surface area contributed by atoms with Crippen LogP contribution in [0.5, 0.6) is 0 Å². The summed E-state index contributed by atoms with van der Waals surface area (Å²) >= 11 is 4.78. The van der Waals surface area contributed by atoms with Crippen molar-refractivity contribution in [2.24, 2.45) is 0 Å². The van der Waals surface area contributed by atoms with Crippen LogP contribution >= 0.6 is 27.3 Å². The number of sulfone groups is 1. The van der Waals surface area contributed by atoms with Crippen molar-refractivity contribution in [3.63, 3.8) is 0 Å². The Kier molecular flexibility index (Phi) is 6.45. The number of amides is 1. The van der Waals surface area contributed by atoms with Crippen molar-refractivity contribution >= 4 is 58.4 Å². The molecule has 1 amide bonds. The highest BCUT2D eigenvalue weighted by atomic mass is 79.9. The molecule has 0 atom stereocenters. The molecule has 0 fully saturated rings. The van der Waals surface area contributed by atoms with Crippen molar-refractivity contribution in [1.29, 1.82) is 0 Å². The van der Waals surface area contributed by atoms with E-state index in [1.54, 1.807) is 42.6 Å². The minimum absolute atomic E-state index is 0.140. The number of aromatic nitrogens is 2. The van der Waals surface area contributed by atoms with E-state index in [0.717, 1.165) is 14.7 Å². The molecule has 6 nitrogen and oxygen atoms in total. The van der Waals surface area contributed by atoms with Crippen molar-refractivity contribution in [3.8, 4) is 0 Å². The Labute approximate surface area is 192 Å². The maximum atomic E-state index is 13.2. The summed E-state index contributed by atoms with van der Waals surface area (Å²) < 4.78 is 27.3. The van der Waals surface area contributed by atoms with Gasteiger partial charge in [0.05, 0.1) is 28.2 Å². The maximum Gasteiger partial charge on any atom is 0.244 e. The molecule has 2 aromatic heterocycles. The predicted octanol–water partition coefficient (Wildman–Crippen LogP) is 4.60. The number of benzene rings is 2. The molecule has 4 rings (SSSR count). The van der Waals surface area contributed by atoms with Crippen LogP contribution in [-0.2, 0) is 26.9 Å². The number of fused-ring (bicyclic) bond motifs is 1. The van der Waals surface area contributed by atoms with Crippen LogP contribution in [0, 0.1) is 0 Å². The van der Waals surface area contributed by atoms with E-state index in [-0.39, 0.29) is 12.3 Å². The zero-order chi connectivity index (χ0) is 21.8. The van der Waals surface area contributed by atoms with Gasteiger partial charge in [-0.15, -0.1) is 0 Å². The zero-order valence-electron chi connectivity index (χ0n) is 16.3. The number of hydrogen-bond acceptors (Lipinski definition) is 6. The lowest BCUT2D eigenvalue weighted by atomic mass is 10.2. The number of pyridine rings is 1. The Morgan fingerprint density at radius 1 is 1.03 bits per heavy atom. The Hall–Kier alpha value is -2.62. The second kappa shape index (κ2) is 9.25. The fraction of sp³-hybridized carbons (Fsp3) is 0.136. The molecular weight excluding hydrogens is 498 g/mol. The van der Waals surface area contributed by atoms with Crippen molar-refractivity contribution in [2.45, 2.75) is 12.3 Å². The summed E-state index contributed by atoms with van der Waals surface area (Å²) in [4.78, 5) is 23.4. The molecule has 31 heavy (non-hydrogen) atoms. The van der Waals surface area contributed by atoms with E-state index in [0.29, 0.717) is 16.4 Å². The first-order chi connectivity index (χ1) is 14.9. The van der Waals surface area contributed by atoms with Crippen LogP contribution in [0.4, 0.5) is 5.13 Å². The SMILES string of the molecule is O=C(CS(=O)(=O)Cc1ccccc1)N(Cc1ccccn1)c1nc2ccc(Br)cc2s1. The molecule has 158 valence electrons. The highest BCUT2D eigenvalue weighted by molar-refractivity contribution is 9.10. The zero-order valence-corrected chi connectivity index (χ0v) is 19.5. The summed E-state index contributed by atoms with van der Waals surface area (Å²) in [5, 5.41) is 0.443. The monoisotopic (exact) mass is 515 g/mol. The number of halogens is 1. The molecule has 0 N–H and O–H groups in total. The number of rotatable bonds is 7. The number of hydrogen-bond donors (Lipinski definition) is 0. The molecule has 0 radical (unpaired) electrons. The molecule has 2 heterocycles. The maximum absolute atomic E-state index is 13.2. The van der Waals surface area contributed by atoms with Crippen LogP contribution in [-0.4, -0.2) is 30.0 Å². The van der Waals surface area contributed by atoms with Crippen molar-refractivity contribution in [1.82, 2.24) is 9.97 Å². The van der Waals surface area contributed by atoms with Gasteiger partial charge in [0.25, 0.3) is 0 Å². The number of anilines is 1. The lowest BCUT2D eigenvalue weighted by molar-refractivity contribution is -0.116. The lowest BCUT2D eigenvalue weighted by Gasteiger charge is -2.19. The van der Waals surface area contributed by atoms with E-state index in [1.165, 1.54) is 16.2 Å². The van der Waals surface area contributed by atoms with E-state index in [1.807, 2.05) is 30.3 Å². The van der Waals surface area contributed by atoms with Gasteiger partial charge >= 0.3 is 0 Å². The molecule has 0 aliphatic carbocycles. The van der Waals surface area contributed by atoms with E-state index in [4.69, 9.17) is 0 Å². The Balaban J connectivity index is 1.63. The van der Waals surface area contributed by atoms with Crippen LogP contribution in [0.15, 0.2) is 77.4 Å². The smallest absolute Gasteiger partial charge is 0.244 e. The van der Waals surface area contributed by atoms with Gasteiger partial charge in [-0.05, 0) is 35.9 Å². The molecule has 2 aromatic carbocycles. The van der Waals surface area contributed by atoms with Gasteiger partial charge in [0.15, 0.2) is 15.0 Å². The third kappa shape index (κ3) is 5.55. The third-order valence-corrected chi connectivity index (χ3v) is 7.48. The van der Waals surface area contributed by atoms with Gasteiger partial charge in [-0.2, -0.15) is 0 Å². The fourth-order valence-electron chi connectivity index (χ4n) is 3.06. The molecule has 4 aromatic rings. The van der Waals surface area contributed by atoms with Gasteiger partial charge in [0.1, 0.15) is 5.75 Å². The molecule has 0 saturated carbocycles. The molecule has 0 saturated heterocycles. The first-order valence-electron chi connectivity index (χ1n) is 9.40. The molecule has 0 spiro atoms. The van der Waals surface area contributed by atoms with Crippen LogP contribution < -0.4 is 4.90 Å². The van der Waals surface area contributed by atoms with Gasteiger partial charge in [-0.25, -0.2) is 13.4 Å². The summed E-state index contributed by atoms with van der Waals surface area (Å²) in [6, 6.07) is 19.9. The molecular formula is C22H18BrN3O3S2. The molecule has 9 heteroatoms. The fourth-order valence-corrected chi connectivity index (χ4v) is 5.93. The largest absolute Gasteiger partial charge is 0.281 e. The summed E-state index contributed by atoms with van der Waals surface area (Å²) in [5.74, 6) is -1.32. The molecule has 0 aliphatic rings. The first kappa shape index (κ1) is 21.6. The van der Waals surface area contributed by atoms with Gasteiger partial charge < -0.3 is 0 Å². The Morgan fingerprint density at radius 2 is 1.81 bits per heavy atom. The minimum atomic E-state index is -3.66. The normalized spacial score (nSPS) is 11.5. The average molecular weight is 516 g/mol. The number of thiazole rings is 1. The minimum Gasteiger partial charge on any atom is -0.281 e. The van der Waals surface area contributed by atoms with E-state index in [9.17, 15) is 13.2 Å². The Morgan fingerprint density at radius 3 is 2.55 bits per heavy atom. The summed E-state index contributed by atoms with van der Waals surface area (Å²) in [6.07, 6.45) is 1.64. The second-order valence-corrected chi connectivity index (χ2v) is 10.9. The van der Waals surface area contributed by atoms with Crippen LogP contribution in [0.1, 0.15) is 11.3 Å². The van der Waals surface area contributed by atoms with Gasteiger partial charge in [0, 0.05) is 10.7 Å². The second-order valence-electron chi connectivity index (χ2n) is 6.93. The van der Waals surface area contributed by atoms with Crippen LogP contribution in [0.25, 0.3) is 10.2 Å². The standard InChI is InChI=1S/C22H18BrN3O3S2/c23-17-9-10-19-20(12-17)30-22(25-19)26(13-18-8-4-5-11-24-18)21(27)15-31(28,29)14-16-6-2-1-3-7-16/h1-12H,13-15H2. The summed E-state index contributed by atoms with van der Waals surface area (Å²) in [6.45, 7) is 0.140. The topological polar surface area (TPSA) is 80.2 Å². The van der Waals surface area contributed by atoms with E-state index in [2.05, 4.69) is 25.9 Å². The van der Waals surface area contributed by atoms with Crippen molar-refractivity contribution in [3.05, 3.63) is 88.7 Å². The van der Waals surface area contributed by atoms with E-state index >= 15 is 0 Å². The highest BCUT2D eigenvalue weighted by Crippen LogP contribution is 2.31. The molecule has 0 bridgehead atoms. The van der Waals surface area contributed by atoms with Crippen molar-refractivity contribution < 1.29 is 13.2 Å². The van der Waals surface area contributed by atoms with Gasteiger partial charge in [0.2, 0.25) is 5.91 Å². The number of carbonyl (C=O) groups excluding carboxylic acids is 1. The number of nitrogens with zero attached hydrogens (tertiary/aromatic N) is 3. The van der Waals surface area contributed by atoms with Crippen molar-refractivity contribution in [2.75, 3.05) is 10.7 Å². The number of carbonyl (C=O) groups is 1. The van der Waals surface area contributed by atoms with Crippen LogP contribution in [0.3, 0.4) is 0 Å². The molecule has 0 unspecified atom stereocenters. The van der Waals surface area contributed by atoms with E-state index < -0.39 is 21.5 Å². The van der Waals surface area contributed by atoms with Gasteiger partial charge in [-0.3, -0.25) is 14.7 Å². The Bertz CT molecular complexity index is 1310. The quantitative estimate of drug-likeness (QED) is 0.359. The van der Waals surface area contributed by atoms with Gasteiger partial charge in [-0.1, -0.05) is 63.7 Å². The predicted molar refractivity (Wildman–Crippen MR) is 127 cm³/mol. The third-order valence-electron chi connectivity index (χ3n) is 4.49. The molecule has 0 aliphatic heterocycles. The average Bonchev–Trinajstić information content (AvgIpc) is 3.15. The highest BCUT2D eigenvalue weighted by Gasteiger charge is 2.26. The first-order valence-corrected chi connectivity index (χ1v) is 12.8. The van der Waals surface area contributed by atoms with Crippen LogP contribution in [0.2, 0.25) is 0 Å². The summed E-state index contributed by atoms with van der Waals surface area (Å²) in [5.41, 5.74) is 2.04.